The molecule has 0 fully saturated rings. The molecule has 1 aliphatic carbocycles. The Morgan fingerprint density at radius 3 is 2.86 bits per heavy atom. The standard InChI is InChI=1S/C12H11FO/c13-8-7-11-10-4-2-1-3-9(10)5-6-12(11)14/h1-4,7H,5-6,8H2/b11-7+. The Labute approximate surface area is 82.3 Å². The molecular formula is C12H11FO. The average Bonchev–Trinajstić information content (AvgIpc) is 2.23. The Morgan fingerprint density at radius 2 is 2.07 bits per heavy atom. The van der Waals surface area contributed by atoms with E-state index in [1.807, 2.05) is 24.3 Å². The Morgan fingerprint density at radius 1 is 1.29 bits per heavy atom. The van der Waals surface area contributed by atoms with Crippen LogP contribution in [0.5, 0.6) is 0 Å². The molecule has 0 radical (unpaired) electrons. The highest BCUT2D eigenvalue weighted by atomic mass is 19.1. The van der Waals surface area contributed by atoms with E-state index >= 15 is 0 Å². The Kier molecular flexibility index (Phi) is 2.44. The first-order chi connectivity index (χ1) is 6.83. The second-order valence-corrected chi connectivity index (χ2v) is 3.35. The molecule has 0 N–H and O–H groups in total. The predicted octanol–water partition coefficient (Wildman–Crippen LogP) is 2.55. The van der Waals surface area contributed by atoms with Gasteiger partial charge in [-0.15, -0.1) is 0 Å². The number of rotatable bonds is 1. The molecular weight excluding hydrogens is 179 g/mol. The molecule has 0 spiro atoms. The summed E-state index contributed by atoms with van der Waals surface area (Å²) in [7, 11) is 0. The second-order valence-electron chi connectivity index (χ2n) is 3.35. The molecule has 14 heavy (non-hydrogen) atoms. The van der Waals surface area contributed by atoms with Gasteiger partial charge in [0.05, 0.1) is 0 Å². The first-order valence-electron chi connectivity index (χ1n) is 4.70. The zero-order valence-electron chi connectivity index (χ0n) is 7.79. The number of carbonyl (C=O) groups is 1. The van der Waals surface area contributed by atoms with Crippen LogP contribution in [-0.4, -0.2) is 12.5 Å². The average molecular weight is 190 g/mol. The minimum absolute atomic E-state index is 0.0568. The summed E-state index contributed by atoms with van der Waals surface area (Å²) < 4.78 is 12.2. The number of hydrogen-bond acceptors (Lipinski definition) is 1. The van der Waals surface area contributed by atoms with Gasteiger partial charge >= 0.3 is 0 Å². The van der Waals surface area contributed by atoms with E-state index in [1.54, 1.807) is 0 Å². The van der Waals surface area contributed by atoms with Crippen molar-refractivity contribution in [2.24, 2.45) is 0 Å². The number of aryl methyl sites for hydroxylation is 1. The number of allylic oxidation sites excluding steroid dienone is 2. The van der Waals surface area contributed by atoms with Gasteiger partial charge < -0.3 is 0 Å². The first kappa shape index (κ1) is 9.13. The largest absolute Gasteiger partial charge is 0.294 e. The summed E-state index contributed by atoms with van der Waals surface area (Å²) in [5.41, 5.74) is 2.60. The van der Waals surface area contributed by atoms with Gasteiger partial charge in [0.1, 0.15) is 6.67 Å². The fourth-order valence-corrected chi connectivity index (χ4v) is 1.84. The Bertz CT molecular complexity index is 393. The molecule has 0 saturated carbocycles. The van der Waals surface area contributed by atoms with Gasteiger partial charge in [0.15, 0.2) is 5.78 Å². The maximum absolute atomic E-state index is 12.2. The maximum Gasteiger partial charge on any atom is 0.163 e. The SMILES string of the molecule is O=C1CCc2ccccc2/C1=C\CF. The van der Waals surface area contributed by atoms with Crippen molar-refractivity contribution >= 4 is 11.4 Å². The second kappa shape index (κ2) is 3.74. The van der Waals surface area contributed by atoms with Gasteiger partial charge in [-0.2, -0.15) is 0 Å². The lowest BCUT2D eigenvalue weighted by Crippen LogP contribution is -2.12. The van der Waals surface area contributed by atoms with Crippen molar-refractivity contribution in [1.82, 2.24) is 0 Å². The zero-order chi connectivity index (χ0) is 9.97. The molecule has 0 unspecified atom stereocenters. The van der Waals surface area contributed by atoms with E-state index in [1.165, 1.54) is 6.08 Å². The van der Waals surface area contributed by atoms with Gasteiger partial charge in [0, 0.05) is 12.0 Å². The van der Waals surface area contributed by atoms with Crippen molar-refractivity contribution in [2.45, 2.75) is 12.8 Å². The van der Waals surface area contributed by atoms with Gasteiger partial charge in [0.2, 0.25) is 0 Å². The van der Waals surface area contributed by atoms with Crippen LogP contribution < -0.4 is 0 Å². The normalized spacial score (nSPS) is 18.4. The summed E-state index contributed by atoms with van der Waals surface area (Å²) >= 11 is 0. The first-order valence-corrected chi connectivity index (χ1v) is 4.70. The molecule has 0 amide bonds. The van der Waals surface area contributed by atoms with Crippen LogP contribution in [-0.2, 0) is 11.2 Å². The van der Waals surface area contributed by atoms with E-state index in [0.717, 1.165) is 17.5 Å². The molecule has 1 aromatic carbocycles. The molecule has 0 saturated heterocycles. The lowest BCUT2D eigenvalue weighted by Gasteiger charge is -2.17. The third kappa shape index (κ3) is 1.48. The highest BCUT2D eigenvalue weighted by Gasteiger charge is 2.20. The summed E-state index contributed by atoms with van der Waals surface area (Å²) in [6, 6.07) is 7.70. The summed E-state index contributed by atoms with van der Waals surface area (Å²) in [5, 5.41) is 0. The van der Waals surface area contributed by atoms with E-state index in [-0.39, 0.29) is 5.78 Å². The van der Waals surface area contributed by atoms with Crippen LogP contribution in [0.4, 0.5) is 4.39 Å². The van der Waals surface area contributed by atoms with E-state index in [2.05, 4.69) is 0 Å². The summed E-state index contributed by atoms with van der Waals surface area (Å²) in [6.45, 7) is -0.574. The molecule has 0 aromatic heterocycles. The van der Waals surface area contributed by atoms with Crippen molar-refractivity contribution in [3.05, 3.63) is 41.5 Å². The summed E-state index contributed by atoms with van der Waals surface area (Å²) in [6.07, 6.45) is 2.65. The van der Waals surface area contributed by atoms with Crippen molar-refractivity contribution < 1.29 is 9.18 Å². The molecule has 1 nitrogen and oxygen atoms in total. The van der Waals surface area contributed by atoms with Crippen LogP contribution >= 0.6 is 0 Å². The Hall–Kier alpha value is -1.44. The molecule has 0 atom stereocenters. The maximum atomic E-state index is 12.2. The van der Waals surface area contributed by atoms with Crippen LogP contribution in [0.2, 0.25) is 0 Å². The molecule has 2 heteroatoms. The number of carbonyl (C=O) groups excluding carboxylic acids is 1. The van der Waals surface area contributed by atoms with Crippen LogP contribution in [0.15, 0.2) is 30.3 Å². The van der Waals surface area contributed by atoms with E-state index in [0.29, 0.717) is 12.0 Å². The predicted molar refractivity (Wildman–Crippen MR) is 53.7 cm³/mol. The van der Waals surface area contributed by atoms with Crippen LogP contribution in [0.1, 0.15) is 17.5 Å². The minimum Gasteiger partial charge on any atom is -0.294 e. The highest BCUT2D eigenvalue weighted by molar-refractivity contribution is 6.22. The number of ketones is 1. The van der Waals surface area contributed by atoms with E-state index in [9.17, 15) is 9.18 Å². The molecule has 0 bridgehead atoms. The smallest absolute Gasteiger partial charge is 0.163 e. The van der Waals surface area contributed by atoms with Crippen molar-refractivity contribution in [1.29, 1.82) is 0 Å². The van der Waals surface area contributed by atoms with Gasteiger partial charge in [-0.25, -0.2) is 4.39 Å². The molecule has 1 aliphatic rings. The van der Waals surface area contributed by atoms with Gasteiger partial charge in [-0.3, -0.25) is 4.79 Å². The van der Waals surface area contributed by atoms with E-state index in [4.69, 9.17) is 0 Å². The van der Waals surface area contributed by atoms with Crippen LogP contribution in [0.3, 0.4) is 0 Å². The topological polar surface area (TPSA) is 17.1 Å². The van der Waals surface area contributed by atoms with E-state index < -0.39 is 6.67 Å². The highest BCUT2D eigenvalue weighted by Crippen LogP contribution is 2.27. The third-order valence-electron chi connectivity index (χ3n) is 2.51. The summed E-state index contributed by atoms with van der Waals surface area (Å²) in [4.78, 5) is 11.5. The van der Waals surface area contributed by atoms with Crippen LogP contribution in [0, 0.1) is 0 Å². The fourth-order valence-electron chi connectivity index (χ4n) is 1.84. The lowest BCUT2D eigenvalue weighted by atomic mass is 9.86. The number of alkyl halides is 1. The molecule has 1 aromatic rings. The zero-order valence-corrected chi connectivity index (χ0v) is 7.79. The van der Waals surface area contributed by atoms with Gasteiger partial charge in [-0.05, 0) is 23.6 Å². The number of benzene rings is 1. The minimum atomic E-state index is -0.574. The number of fused-ring (bicyclic) bond motifs is 1. The molecule has 2 rings (SSSR count). The van der Waals surface area contributed by atoms with Crippen molar-refractivity contribution in [3.8, 4) is 0 Å². The molecule has 0 aliphatic heterocycles. The molecule has 72 valence electrons. The monoisotopic (exact) mass is 190 g/mol. The fraction of sp³-hybridized carbons (Fsp3) is 0.250. The Balaban J connectivity index is 2.52. The number of hydrogen-bond donors (Lipinski definition) is 0. The number of Topliss-reactive ketones (excluding diaryl/α,β-unsaturated/α-hetero) is 1. The van der Waals surface area contributed by atoms with Crippen LogP contribution in [0.25, 0.3) is 5.57 Å². The van der Waals surface area contributed by atoms with Gasteiger partial charge in [-0.1, -0.05) is 24.3 Å². The summed E-state index contributed by atoms with van der Waals surface area (Å²) in [5.74, 6) is 0.0568. The van der Waals surface area contributed by atoms with Crippen molar-refractivity contribution in [2.75, 3.05) is 6.67 Å². The third-order valence-corrected chi connectivity index (χ3v) is 2.51. The van der Waals surface area contributed by atoms with Crippen molar-refractivity contribution in [3.63, 3.8) is 0 Å². The lowest BCUT2D eigenvalue weighted by molar-refractivity contribution is -0.113. The number of halogens is 1. The quantitative estimate of drug-likeness (QED) is 0.622. The molecule has 0 heterocycles. The van der Waals surface area contributed by atoms with Gasteiger partial charge in [0.25, 0.3) is 0 Å².